The average Bonchev–Trinajstić information content (AvgIpc) is 2.79. The Morgan fingerprint density at radius 3 is 2.50 bits per heavy atom. The van der Waals surface area contributed by atoms with E-state index in [-0.39, 0.29) is 5.54 Å². The molecule has 6 heteroatoms. The van der Waals surface area contributed by atoms with E-state index < -0.39 is 9.84 Å². The molecule has 1 aliphatic rings. The monoisotopic (exact) mass is 312 g/mol. The first kappa shape index (κ1) is 15.4. The molecule has 0 spiro atoms. The molecule has 0 aliphatic carbocycles. The number of benzene rings is 1. The lowest BCUT2D eigenvalue weighted by atomic mass is 10.0. The van der Waals surface area contributed by atoms with E-state index in [0.717, 1.165) is 22.9 Å². The molecule has 0 amide bonds. The van der Waals surface area contributed by atoms with Crippen molar-refractivity contribution in [1.29, 1.82) is 0 Å². The Kier molecular flexibility index (Phi) is 4.44. The van der Waals surface area contributed by atoms with E-state index in [1.807, 2.05) is 12.1 Å². The Morgan fingerprint density at radius 1 is 1.35 bits per heavy atom. The largest absolute Gasteiger partial charge is 0.359 e. The van der Waals surface area contributed by atoms with Gasteiger partial charge in [0.1, 0.15) is 0 Å². The van der Waals surface area contributed by atoms with Gasteiger partial charge in [0.25, 0.3) is 0 Å². The lowest BCUT2D eigenvalue weighted by Crippen LogP contribution is -2.39. The maximum Gasteiger partial charge on any atom is 0.175 e. The van der Waals surface area contributed by atoms with E-state index in [1.54, 1.807) is 23.9 Å². The topological polar surface area (TPSA) is 58.5 Å². The van der Waals surface area contributed by atoms with E-state index >= 15 is 0 Å². The Morgan fingerprint density at radius 2 is 2.00 bits per heavy atom. The van der Waals surface area contributed by atoms with Crippen LogP contribution in [0, 0.1) is 0 Å². The van der Waals surface area contributed by atoms with Gasteiger partial charge in [-0.05, 0) is 31.0 Å². The van der Waals surface area contributed by atoms with Crippen molar-refractivity contribution < 1.29 is 8.42 Å². The van der Waals surface area contributed by atoms with Gasteiger partial charge in [-0.1, -0.05) is 30.8 Å². The minimum atomic E-state index is -3.12. The lowest BCUT2D eigenvalue weighted by Gasteiger charge is -2.20. The highest BCUT2D eigenvalue weighted by Crippen LogP contribution is 2.25. The minimum absolute atomic E-state index is 0.143. The first-order chi connectivity index (χ1) is 9.32. The molecule has 1 aromatic carbocycles. The van der Waals surface area contributed by atoms with Crippen LogP contribution in [0.2, 0.25) is 0 Å². The van der Waals surface area contributed by atoms with Crippen LogP contribution in [-0.4, -0.2) is 31.1 Å². The summed E-state index contributed by atoms with van der Waals surface area (Å²) in [6.45, 7) is 4.93. The van der Waals surface area contributed by atoms with Gasteiger partial charge in [-0.15, -0.1) is 0 Å². The lowest BCUT2D eigenvalue weighted by molar-refractivity contribution is 0.466. The molecule has 1 aromatic rings. The zero-order chi connectivity index (χ0) is 14.8. The van der Waals surface area contributed by atoms with Gasteiger partial charge in [0.05, 0.1) is 11.4 Å². The van der Waals surface area contributed by atoms with Crippen LogP contribution in [0.15, 0.2) is 34.2 Å². The molecule has 1 atom stereocenters. The summed E-state index contributed by atoms with van der Waals surface area (Å²) in [5.41, 5.74) is 1.15. The summed E-state index contributed by atoms with van der Waals surface area (Å²) in [6, 6.07) is 6.91. The Labute approximate surface area is 125 Å². The van der Waals surface area contributed by atoms with Crippen LogP contribution >= 0.6 is 11.8 Å². The molecule has 1 fully saturated rings. The fourth-order valence-electron chi connectivity index (χ4n) is 1.84. The van der Waals surface area contributed by atoms with Gasteiger partial charge in [-0.25, -0.2) is 8.42 Å². The van der Waals surface area contributed by atoms with Gasteiger partial charge in [-0.2, -0.15) is 0 Å². The second kappa shape index (κ2) is 5.77. The highest BCUT2D eigenvalue weighted by Gasteiger charge is 2.30. The van der Waals surface area contributed by atoms with Gasteiger partial charge in [0.2, 0.25) is 0 Å². The number of thioether (sulfide) groups is 1. The summed E-state index contributed by atoms with van der Waals surface area (Å²) in [6.07, 6.45) is 2.29. The van der Waals surface area contributed by atoms with Crippen molar-refractivity contribution in [1.82, 2.24) is 5.32 Å². The van der Waals surface area contributed by atoms with E-state index in [9.17, 15) is 8.42 Å². The smallest absolute Gasteiger partial charge is 0.175 e. The van der Waals surface area contributed by atoms with Crippen LogP contribution < -0.4 is 5.32 Å². The van der Waals surface area contributed by atoms with E-state index in [2.05, 4.69) is 24.2 Å². The Hall–Kier alpha value is -1.01. The summed E-state index contributed by atoms with van der Waals surface area (Å²) < 4.78 is 22.7. The maximum absolute atomic E-state index is 11.4. The third-order valence-electron chi connectivity index (χ3n) is 3.47. The Balaban J connectivity index is 2.02. The van der Waals surface area contributed by atoms with Gasteiger partial charge in [0.15, 0.2) is 15.0 Å². The van der Waals surface area contributed by atoms with Crippen LogP contribution in [-0.2, 0) is 16.4 Å². The van der Waals surface area contributed by atoms with Crippen molar-refractivity contribution in [3.05, 3.63) is 29.8 Å². The molecule has 0 saturated carbocycles. The molecule has 1 saturated heterocycles. The average molecular weight is 312 g/mol. The van der Waals surface area contributed by atoms with Crippen LogP contribution in [0.25, 0.3) is 0 Å². The maximum atomic E-state index is 11.4. The summed E-state index contributed by atoms with van der Waals surface area (Å²) in [4.78, 5) is 4.90. The number of sulfone groups is 1. The summed E-state index contributed by atoms with van der Waals surface area (Å²) >= 11 is 1.74. The number of aliphatic imine (C=N–C) groups is 1. The van der Waals surface area contributed by atoms with Crippen molar-refractivity contribution in [2.24, 2.45) is 4.99 Å². The molecule has 1 unspecified atom stereocenters. The number of hydrogen-bond acceptors (Lipinski definition) is 4. The summed E-state index contributed by atoms with van der Waals surface area (Å²) in [5, 5.41) is 4.41. The molecule has 110 valence electrons. The molecule has 4 nitrogen and oxygen atoms in total. The molecular weight excluding hydrogens is 292 g/mol. The summed E-state index contributed by atoms with van der Waals surface area (Å²) in [5.74, 6) is 1.04. The third kappa shape index (κ3) is 3.76. The van der Waals surface area contributed by atoms with Crippen molar-refractivity contribution in [3.63, 3.8) is 0 Å². The third-order valence-corrected chi connectivity index (χ3v) is 5.89. The molecule has 20 heavy (non-hydrogen) atoms. The number of rotatable bonds is 4. The minimum Gasteiger partial charge on any atom is -0.359 e. The van der Waals surface area contributed by atoms with Crippen molar-refractivity contribution >= 4 is 26.8 Å². The molecule has 1 N–H and O–H groups in total. The SMILES string of the molecule is CCC1(C)CSC(=NCc2ccc(S(C)(=O)=O)cc2)N1. The number of amidine groups is 1. The number of nitrogens with zero attached hydrogens (tertiary/aromatic N) is 1. The molecule has 1 heterocycles. The number of hydrogen-bond donors (Lipinski definition) is 1. The van der Waals surface area contributed by atoms with Gasteiger partial charge in [-0.3, -0.25) is 4.99 Å². The zero-order valence-corrected chi connectivity index (χ0v) is 13.6. The van der Waals surface area contributed by atoms with Crippen LogP contribution in [0.5, 0.6) is 0 Å². The van der Waals surface area contributed by atoms with Crippen LogP contribution in [0.4, 0.5) is 0 Å². The molecule has 0 radical (unpaired) electrons. The molecule has 0 bridgehead atoms. The fraction of sp³-hybridized carbons (Fsp3) is 0.500. The van der Waals surface area contributed by atoms with Gasteiger partial charge >= 0.3 is 0 Å². The predicted octanol–water partition coefficient (Wildman–Crippen LogP) is 2.45. The molecule has 1 aliphatic heterocycles. The van der Waals surface area contributed by atoms with Crippen LogP contribution in [0.3, 0.4) is 0 Å². The second-order valence-electron chi connectivity index (χ2n) is 5.37. The van der Waals surface area contributed by atoms with Gasteiger partial charge < -0.3 is 5.32 Å². The zero-order valence-electron chi connectivity index (χ0n) is 12.0. The van der Waals surface area contributed by atoms with Crippen molar-refractivity contribution in [3.8, 4) is 0 Å². The molecule has 2 rings (SSSR count). The van der Waals surface area contributed by atoms with Crippen molar-refractivity contribution in [2.75, 3.05) is 12.0 Å². The molecule has 0 aromatic heterocycles. The van der Waals surface area contributed by atoms with E-state index in [0.29, 0.717) is 11.4 Å². The van der Waals surface area contributed by atoms with E-state index in [1.165, 1.54) is 6.26 Å². The second-order valence-corrected chi connectivity index (χ2v) is 8.35. The van der Waals surface area contributed by atoms with Crippen LogP contribution in [0.1, 0.15) is 25.8 Å². The summed E-state index contributed by atoms with van der Waals surface area (Å²) in [7, 11) is -3.12. The first-order valence-corrected chi connectivity index (χ1v) is 9.44. The standard InChI is InChI=1S/C14H20N2O2S2/c1-4-14(2)10-19-13(16-14)15-9-11-5-7-12(8-6-11)20(3,17)18/h5-8H,4,9-10H2,1-3H3,(H,15,16). The number of nitrogens with one attached hydrogen (secondary N) is 1. The predicted molar refractivity (Wildman–Crippen MR) is 85.0 cm³/mol. The molecular formula is C14H20N2O2S2. The highest BCUT2D eigenvalue weighted by molar-refractivity contribution is 8.14. The van der Waals surface area contributed by atoms with E-state index in [4.69, 9.17) is 0 Å². The van der Waals surface area contributed by atoms with Crippen molar-refractivity contribution in [2.45, 2.75) is 37.2 Å². The quantitative estimate of drug-likeness (QED) is 0.928. The first-order valence-electron chi connectivity index (χ1n) is 6.57. The van der Waals surface area contributed by atoms with Gasteiger partial charge in [0, 0.05) is 17.5 Å². The highest BCUT2D eigenvalue weighted by atomic mass is 32.2. The Bertz CT molecular complexity index is 609. The fourth-order valence-corrected chi connectivity index (χ4v) is 3.68. The normalized spacial score (nSPS) is 24.9.